The molecule has 1 aliphatic carbocycles. The third kappa shape index (κ3) is 1.86. The largest absolute Gasteiger partial charge is 0.496 e. The third-order valence-electron chi connectivity index (χ3n) is 3.35. The molecule has 0 radical (unpaired) electrons. The first-order valence-electron chi connectivity index (χ1n) is 5.51. The Hall–Kier alpha value is -1.02. The van der Waals surface area contributed by atoms with E-state index in [1.165, 1.54) is 0 Å². The molecule has 15 heavy (non-hydrogen) atoms. The molecule has 0 spiro atoms. The van der Waals surface area contributed by atoms with E-state index in [1.807, 2.05) is 24.3 Å². The molecular weight excluding hydrogens is 188 g/mol. The van der Waals surface area contributed by atoms with E-state index in [-0.39, 0.29) is 0 Å². The van der Waals surface area contributed by atoms with Gasteiger partial charge in [-0.05, 0) is 31.2 Å². The fourth-order valence-electron chi connectivity index (χ4n) is 2.54. The minimum absolute atomic E-state index is 0.597. The van der Waals surface area contributed by atoms with E-state index in [9.17, 15) is 5.11 Å². The Labute approximate surface area is 90.9 Å². The maximum absolute atomic E-state index is 10.6. The van der Waals surface area contributed by atoms with Gasteiger partial charge >= 0.3 is 0 Å². The molecule has 1 aromatic rings. The van der Waals surface area contributed by atoms with Crippen molar-refractivity contribution in [2.24, 2.45) is 5.92 Å². The predicted octanol–water partition coefficient (Wildman–Crippen LogP) is 2.70. The lowest BCUT2D eigenvalue weighted by molar-refractivity contribution is 0.0383. The molecule has 0 unspecified atom stereocenters. The first-order chi connectivity index (χ1) is 7.15. The highest BCUT2D eigenvalue weighted by atomic mass is 16.5. The summed E-state index contributed by atoms with van der Waals surface area (Å²) in [6, 6.07) is 7.77. The van der Waals surface area contributed by atoms with Crippen molar-refractivity contribution in [2.75, 3.05) is 7.11 Å². The summed E-state index contributed by atoms with van der Waals surface area (Å²) >= 11 is 0. The van der Waals surface area contributed by atoms with Crippen LogP contribution in [0, 0.1) is 5.92 Å². The van der Waals surface area contributed by atoms with Crippen LogP contribution in [0.4, 0.5) is 0 Å². The van der Waals surface area contributed by atoms with Crippen molar-refractivity contribution >= 4 is 0 Å². The normalized spacial score (nSPS) is 30.5. The molecule has 2 atom stereocenters. The quantitative estimate of drug-likeness (QED) is 0.806. The molecule has 1 N–H and O–H groups in total. The van der Waals surface area contributed by atoms with Gasteiger partial charge in [-0.2, -0.15) is 0 Å². The first kappa shape index (κ1) is 10.5. The van der Waals surface area contributed by atoms with Gasteiger partial charge < -0.3 is 9.84 Å². The summed E-state index contributed by atoms with van der Waals surface area (Å²) in [4.78, 5) is 0. The number of benzene rings is 1. The second kappa shape index (κ2) is 3.86. The summed E-state index contributed by atoms with van der Waals surface area (Å²) in [5, 5.41) is 10.6. The molecule has 0 saturated heterocycles. The second-order valence-corrected chi connectivity index (χ2v) is 4.58. The molecule has 2 heteroatoms. The summed E-state index contributed by atoms with van der Waals surface area (Å²) < 4.78 is 5.30. The van der Waals surface area contributed by atoms with Gasteiger partial charge in [-0.3, -0.25) is 0 Å². The van der Waals surface area contributed by atoms with Gasteiger partial charge in [0.05, 0.1) is 12.7 Å². The highest BCUT2D eigenvalue weighted by Gasteiger charge is 2.38. The Morgan fingerprint density at radius 3 is 2.73 bits per heavy atom. The summed E-state index contributed by atoms with van der Waals surface area (Å²) in [6.45, 7) is 2.19. The summed E-state index contributed by atoms with van der Waals surface area (Å²) in [7, 11) is 1.65. The lowest BCUT2D eigenvalue weighted by atomic mass is 9.90. The average molecular weight is 206 g/mol. The molecule has 1 fully saturated rings. The Balaban J connectivity index is 2.36. The zero-order valence-corrected chi connectivity index (χ0v) is 9.36. The number of aliphatic hydroxyl groups is 1. The van der Waals surface area contributed by atoms with Crippen LogP contribution < -0.4 is 4.74 Å². The molecule has 2 rings (SSSR count). The van der Waals surface area contributed by atoms with Crippen LogP contribution in [0.5, 0.6) is 5.75 Å². The topological polar surface area (TPSA) is 29.5 Å². The van der Waals surface area contributed by atoms with Crippen LogP contribution in [-0.4, -0.2) is 12.2 Å². The van der Waals surface area contributed by atoms with E-state index in [0.717, 1.165) is 30.6 Å². The smallest absolute Gasteiger partial charge is 0.124 e. The van der Waals surface area contributed by atoms with E-state index in [1.54, 1.807) is 7.11 Å². The maximum atomic E-state index is 10.6. The highest BCUT2D eigenvalue weighted by molar-refractivity contribution is 5.38. The van der Waals surface area contributed by atoms with Crippen molar-refractivity contribution in [3.63, 3.8) is 0 Å². The van der Waals surface area contributed by atoms with Gasteiger partial charge in [0.2, 0.25) is 0 Å². The Morgan fingerprint density at radius 2 is 2.13 bits per heavy atom. The van der Waals surface area contributed by atoms with Crippen LogP contribution in [-0.2, 0) is 5.60 Å². The van der Waals surface area contributed by atoms with Crippen molar-refractivity contribution in [1.29, 1.82) is 0 Å². The molecule has 82 valence electrons. The molecule has 0 bridgehead atoms. The van der Waals surface area contributed by atoms with E-state index >= 15 is 0 Å². The summed E-state index contributed by atoms with van der Waals surface area (Å²) in [5.41, 5.74) is 0.267. The molecule has 0 aromatic heterocycles. The van der Waals surface area contributed by atoms with E-state index in [2.05, 4.69) is 6.92 Å². The number of hydrogen-bond donors (Lipinski definition) is 1. The van der Waals surface area contributed by atoms with Crippen molar-refractivity contribution in [1.82, 2.24) is 0 Å². The summed E-state index contributed by atoms with van der Waals surface area (Å²) in [6.07, 6.45) is 2.77. The molecule has 1 saturated carbocycles. The standard InChI is InChI=1S/C13H18O2/c1-10-7-8-13(14,9-10)11-5-3-4-6-12(11)15-2/h3-6,10,14H,7-9H2,1-2H3/t10-,13-/m0/s1. The molecule has 1 aliphatic rings. The Morgan fingerprint density at radius 1 is 1.40 bits per heavy atom. The minimum atomic E-state index is -0.675. The van der Waals surface area contributed by atoms with Crippen molar-refractivity contribution in [3.8, 4) is 5.75 Å². The zero-order chi connectivity index (χ0) is 10.9. The minimum Gasteiger partial charge on any atom is -0.496 e. The first-order valence-corrected chi connectivity index (χ1v) is 5.51. The fourth-order valence-corrected chi connectivity index (χ4v) is 2.54. The fraction of sp³-hybridized carbons (Fsp3) is 0.538. The van der Waals surface area contributed by atoms with Crippen LogP contribution in [0.3, 0.4) is 0 Å². The Kier molecular flexibility index (Phi) is 2.70. The monoisotopic (exact) mass is 206 g/mol. The maximum Gasteiger partial charge on any atom is 0.124 e. The lowest BCUT2D eigenvalue weighted by Crippen LogP contribution is -2.22. The highest BCUT2D eigenvalue weighted by Crippen LogP contribution is 2.44. The molecule has 0 amide bonds. The van der Waals surface area contributed by atoms with Crippen LogP contribution in [0.15, 0.2) is 24.3 Å². The van der Waals surface area contributed by atoms with Crippen molar-refractivity contribution < 1.29 is 9.84 Å². The lowest BCUT2D eigenvalue weighted by Gasteiger charge is -2.25. The van der Waals surface area contributed by atoms with Gasteiger partial charge in [-0.1, -0.05) is 25.1 Å². The van der Waals surface area contributed by atoms with Gasteiger partial charge in [0.25, 0.3) is 0 Å². The third-order valence-corrected chi connectivity index (χ3v) is 3.35. The predicted molar refractivity (Wildman–Crippen MR) is 59.9 cm³/mol. The molecule has 1 aromatic carbocycles. The van der Waals surface area contributed by atoms with Gasteiger partial charge in [-0.25, -0.2) is 0 Å². The molecule has 2 nitrogen and oxygen atoms in total. The number of para-hydroxylation sites is 1. The second-order valence-electron chi connectivity index (χ2n) is 4.58. The van der Waals surface area contributed by atoms with E-state index in [4.69, 9.17) is 4.74 Å². The number of rotatable bonds is 2. The van der Waals surface area contributed by atoms with Crippen LogP contribution in [0.1, 0.15) is 31.7 Å². The van der Waals surface area contributed by atoms with Crippen LogP contribution in [0.2, 0.25) is 0 Å². The van der Waals surface area contributed by atoms with Gasteiger partial charge in [-0.15, -0.1) is 0 Å². The number of ether oxygens (including phenoxy) is 1. The average Bonchev–Trinajstić information content (AvgIpc) is 2.60. The number of methoxy groups -OCH3 is 1. The molecule has 0 aliphatic heterocycles. The molecular formula is C13H18O2. The van der Waals surface area contributed by atoms with Gasteiger partial charge in [0.15, 0.2) is 0 Å². The number of hydrogen-bond acceptors (Lipinski definition) is 2. The molecule has 0 heterocycles. The van der Waals surface area contributed by atoms with Gasteiger partial charge in [0, 0.05) is 5.56 Å². The van der Waals surface area contributed by atoms with E-state index in [0.29, 0.717) is 5.92 Å². The van der Waals surface area contributed by atoms with Crippen molar-refractivity contribution in [2.45, 2.75) is 31.8 Å². The van der Waals surface area contributed by atoms with Crippen LogP contribution >= 0.6 is 0 Å². The summed E-state index contributed by atoms with van der Waals surface area (Å²) in [5.74, 6) is 1.40. The Bertz CT molecular complexity index is 348. The van der Waals surface area contributed by atoms with Crippen molar-refractivity contribution in [3.05, 3.63) is 29.8 Å². The van der Waals surface area contributed by atoms with Gasteiger partial charge in [0.1, 0.15) is 5.75 Å². The zero-order valence-electron chi connectivity index (χ0n) is 9.36. The van der Waals surface area contributed by atoms with Crippen LogP contribution in [0.25, 0.3) is 0 Å². The SMILES string of the molecule is COc1ccccc1[C@]1(O)CC[C@H](C)C1. The van der Waals surface area contributed by atoms with E-state index < -0.39 is 5.60 Å².